The molecule has 0 saturated carbocycles. The Labute approximate surface area is 121 Å². The standard InChI is InChI=1S/C18H24O2/c1-6-18(5,14(4)16-8-7-9-20-16)15-10-12(2)17(19)13(3)11-15/h7-11,14,19H,6H2,1-5H3. The lowest BCUT2D eigenvalue weighted by atomic mass is 9.69. The van der Waals surface area contributed by atoms with Gasteiger partial charge in [-0.05, 0) is 49.1 Å². The first-order valence-electron chi connectivity index (χ1n) is 7.24. The van der Waals surface area contributed by atoms with Gasteiger partial charge < -0.3 is 9.52 Å². The number of benzene rings is 1. The number of phenolic OH excluding ortho intramolecular Hbond substituents is 1. The molecule has 0 aliphatic rings. The van der Waals surface area contributed by atoms with Crippen molar-refractivity contribution >= 4 is 0 Å². The lowest BCUT2D eigenvalue weighted by Gasteiger charge is -2.35. The minimum atomic E-state index is -0.0128. The van der Waals surface area contributed by atoms with Crippen LogP contribution < -0.4 is 0 Å². The van der Waals surface area contributed by atoms with Gasteiger partial charge in [0.05, 0.1) is 6.26 Å². The molecule has 0 fully saturated rings. The molecule has 0 aliphatic carbocycles. The van der Waals surface area contributed by atoms with Crippen LogP contribution in [0.1, 0.15) is 55.6 Å². The third-order valence-electron chi connectivity index (χ3n) is 4.81. The van der Waals surface area contributed by atoms with E-state index < -0.39 is 0 Å². The third kappa shape index (κ3) is 2.35. The van der Waals surface area contributed by atoms with E-state index in [4.69, 9.17) is 4.42 Å². The van der Waals surface area contributed by atoms with Crippen LogP contribution in [0.4, 0.5) is 0 Å². The summed E-state index contributed by atoms with van der Waals surface area (Å²) in [6, 6.07) is 8.19. The van der Waals surface area contributed by atoms with E-state index in [-0.39, 0.29) is 11.3 Å². The number of aromatic hydroxyl groups is 1. The number of aryl methyl sites for hydroxylation is 2. The molecule has 2 atom stereocenters. The van der Waals surface area contributed by atoms with Crippen molar-refractivity contribution in [3.63, 3.8) is 0 Å². The highest BCUT2D eigenvalue weighted by Gasteiger charge is 2.34. The first kappa shape index (κ1) is 14.7. The van der Waals surface area contributed by atoms with Crippen LogP contribution >= 0.6 is 0 Å². The topological polar surface area (TPSA) is 33.4 Å². The third-order valence-corrected chi connectivity index (χ3v) is 4.81. The van der Waals surface area contributed by atoms with Gasteiger partial charge in [0.15, 0.2) is 0 Å². The minimum Gasteiger partial charge on any atom is -0.507 e. The van der Waals surface area contributed by atoms with Gasteiger partial charge in [-0.1, -0.05) is 32.9 Å². The van der Waals surface area contributed by atoms with Gasteiger partial charge in [0, 0.05) is 11.3 Å². The van der Waals surface area contributed by atoms with Crippen molar-refractivity contribution in [2.24, 2.45) is 0 Å². The van der Waals surface area contributed by atoms with Crippen molar-refractivity contribution in [1.82, 2.24) is 0 Å². The molecule has 2 nitrogen and oxygen atoms in total. The van der Waals surface area contributed by atoms with Crippen LogP contribution in [0, 0.1) is 13.8 Å². The molecule has 1 heterocycles. The van der Waals surface area contributed by atoms with Gasteiger partial charge in [0.2, 0.25) is 0 Å². The summed E-state index contributed by atoms with van der Waals surface area (Å²) in [4.78, 5) is 0. The second-order valence-corrected chi connectivity index (χ2v) is 5.97. The zero-order valence-electron chi connectivity index (χ0n) is 13.0. The molecular formula is C18H24O2. The number of furan rings is 1. The Bertz CT molecular complexity index is 560. The van der Waals surface area contributed by atoms with Gasteiger partial charge in [0.25, 0.3) is 0 Å². The van der Waals surface area contributed by atoms with Crippen molar-refractivity contribution in [2.45, 2.75) is 52.4 Å². The highest BCUT2D eigenvalue weighted by atomic mass is 16.3. The fourth-order valence-corrected chi connectivity index (χ4v) is 2.90. The molecule has 0 aliphatic heterocycles. The average molecular weight is 272 g/mol. The van der Waals surface area contributed by atoms with Crippen LogP contribution in [0.5, 0.6) is 5.75 Å². The molecular weight excluding hydrogens is 248 g/mol. The Hall–Kier alpha value is -1.70. The van der Waals surface area contributed by atoms with Crippen LogP contribution in [0.25, 0.3) is 0 Å². The van der Waals surface area contributed by atoms with Gasteiger partial charge in [-0.3, -0.25) is 0 Å². The van der Waals surface area contributed by atoms with E-state index in [1.54, 1.807) is 6.26 Å². The van der Waals surface area contributed by atoms with E-state index in [9.17, 15) is 5.11 Å². The largest absolute Gasteiger partial charge is 0.507 e. The van der Waals surface area contributed by atoms with Crippen LogP contribution in [-0.4, -0.2) is 5.11 Å². The zero-order chi connectivity index (χ0) is 14.9. The van der Waals surface area contributed by atoms with E-state index in [0.717, 1.165) is 23.3 Å². The molecule has 2 rings (SSSR count). The number of phenols is 1. The average Bonchev–Trinajstić information content (AvgIpc) is 2.96. The number of hydrogen-bond donors (Lipinski definition) is 1. The van der Waals surface area contributed by atoms with Crippen molar-refractivity contribution in [1.29, 1.82) is 0 Å². The first-order chi connectivity index (χ1) is 9.40. The van der Waals surface area contributed by atoms with Crippen LogP contribution in [-0.2, 0) is 5.41 Å². The Morgan fingerprint density at radius 1 is 1.25 bits per heavy atom. The summed E-state index contributed by atoms with van der Waals surface area (Å²) in [6.07, 6.45) is 2.74. The molecule has 0 radical (unpaired) electrons. The summed E-state index contributed by atoms with van der Waals surface area (Å²) < 4.78 is 5.60. The molecule has 2 heteroatoms. The van der Waals surface area contributed by atoms with Gasteiger partial charge in [-0.25, -0.2) is 0 Å². The second-order valence-electron chi connectivity index (χ2n) is 5.97. The van der Waals surface area contributed by atoms with Crippen molar-refractivity contribution in [3.8, 4) is 5.75 Å². The van der Waals surface area contributed by atoms with Crippen molar-refractivity contribution in [3.05, 3.63) is 53.0 Å². The molecule has 2 unspecified atom stereocenters. The Morgan fingerprint density at radius 3 is 2.30 bits per heavy atom. The summed E-state index contributed by atoms with van der Waals surface area (Å²) >= 11 is 0. The molecule has 1 aromatic heterocycles. The normalized spacial score (nSPS) is 15.8. The summed E-state index contributed by atoms with van der Waals surface area (Å²) in [5.41, 5.74) is 3.12. The predicted molar refractivity (Wildman–Crippen MR) is 82.3 cm³/mol. The Balaban J connectivity index is 2.50. The second kappa shape index (κ2) is 5.35. The van der Waals surface area contributed by atoms with E-state index in [1.165, 1.54) is 5.56 Å². The first-order valence-corrected chi connectivity index (χ1v) is 7.24. The van der Waals surface area contributed by atoms with Gasteiger partial charge in [-0.2, -0.15) is 0 Å². The summed E-state index contributed by atoms with van der Waals surface area (Å²) in [6.45, 7) is 10.6. The molecule has 1 aromatic carbocycles. The predicted octanol–water partition coefficient (Wildman–Crippen LogP) is 5.07. The minimum absolute atomic E-state index is 0.0128. The van der Waals surface area contributed by atoms with Crippen LogP contribution in [0.15, 0.2) is 34.9 Å². The monoisotopic (exact) mass is 272 g/mol. The van der Waals surface area contributed by atoms with Gasteiger partial charge >= 0.3 is 0 Å². The fourth-order valence-electron chi connectivity index (χ4n) is 2.90. The quantitative estimate of drug-likeness (QED) is 0.842. The molecule has 0 spiro atoms. The summed E-state index contributed by atoms with van der Waals surface area (Å²) in [7, 11) is 0. The smallest absolute Gasteiger partial charge is 0.121 e. The molecule has 0 bridgehead atoms. The van der Waals surface area contributed by atoms with Gasteiger partial charge in [-0.15, -0.1) is 0 Å². The van der Waals surface area contributed by atoms with E-state index in [2.05, 4.69) is 32.9 Å². The Kier molecular flexibility index (Phi) is 3.94. The van der Waals surface area contributed by atoms with E-state index in [0.29, 0.717) is 5.75 Å². The highest BCUT2D eigenvalue weighted by Crippen LogP contribution is 2.43. The maximum atomic E-state index is 9.97. The molecule has 0 saturated heterocycles. The van der Waals surface area contributed by atoms with Crippen molar-refractivity contribution < 1.29 is 9.52 Å². The van der Waals surface area contributed by atoms with Crippen molar-refractivity contribution in [2.75, 3.05) is 0 Å². The fraction of sp³-hybridized carbons (Fsp3) is 0.444. The zero-order valence-corrected chi connectivity index (χ0v) is 13.0. The summed E-state index contributed by atoms with van der Waals surface area (Å²) in [5.74, 6) is 1.70. The number of hydrogen-bond acceptors (Lipinski definition) is 2. The number of rotatable bonds is 4. The van der Waals surface area contributed by atoms with Gasteiger partial charge in [0.1, 0.15) is 11.5 Å². The molecule has 1 N–H and O–H groups in total. The maximum absolute atomic E-state index is 9.97. The highest BCUT2D eigenvalue weighted by molar-refractivity contribution is 5.45. The molecule has 2 aromatic rings. The lowest BCUT2D eigenvalue weighted by Crippen LogP contribution is -2.28. The van der Waals surface area contributed by atoms with E-state index >= 15 is 0 Å². The van der Waals surface area contributed by atoms with Crippen LogP contribution in [0.2, 0.25) is 0 Å². The maximum Gasteiger partial charge on any atom is 0.121 e. The molecule has 20 heavy (non-hydrogen) atoms. The molecule has 0 amide bonds. The SMILES string of the molecule is CCC(C)(c1cc(C)c(O)c(C)c1)C(C)c1ccco1. The molecule has 108 valence electrons. The summed E-state index contributed by atoms with van der Waals surface area (Å²) in [5, 5.41) is 9.97. The van der Waals surface area contributed by atoms with E-state index in [1.807, 2.05) is 26.0 Å². The Morgan fingerprint density at radius 2 is 1.85 bits per heavy atom. The lowest BCUT2D eigenvalue weighted by molar-refractivity contribution is 0.330. The van der Waals surface area contributed by atoms with Crippen LogP contribution in [0.3, 0.4) is 0 Å².